The van der Waals surface area contributed by atoms with E-state index in [4.69, 9.17) is 16.3 Å². The number of imide groups is 1. The summed E-state index contributed by atoms with van der Waals surface area (Å²) >= 11 is 6.20. The van der Waals surface area contributed by atoms with Crippen LogP contribution in [0.5, 0.6) is 0 Å². The third-order valence-corrected chi connectivity index (χ3v) is 5.16. The Hall–Kier alpha value is -2.66. The maximum Gasteiger partial charge on any atom is 0.421 e. The van der Waals surface area contributed by atoms with Gasteiger partial charge in [0, 0.05) is 11.4 Å². The van der Waals surface area contributed by atoms with Crippen LogP contribution in [-0.2, 0) is 19.7 Å². The first-order valence-corrected chi connectivity index (χ1v) is 9.86. The summed E-state index contributed by atoms with van der Waals surface area (Å²) in [7, 11) is 0. The maximum atomic E-state index is 13.8. The Bertz CT molecular complexity index is 965. The van der Waals surface area contributed by atoms with Gasteiger partial charge in [0.05, 0.1) is 5.69 Å². The minimum atomic E-state index is -1.16. The van der Waals surface area contributed by atoms with Gasteiger partial charge in [-0.25, -0.2) is 9.69 Å². The Balaban J connectivity index is 2.23. The van der Waals surface area contributed by atoms with Crippen LogP contribution in [0.15, 0.2) is 48.5 Å². The average Bonchev–Trinajstić information content (AvgIpc) is 2.87. The first kappa shape index (κ1) is 21.1. The number of nitrogens with zero attached hydrogens (tertiary/aromatic N) is 1. The summed E-state index contributed by atoms with van der Waals surface area (Å²) in [6.45, 7) is 6.71. The second-order valence-electron chi connectivity index (χ2n) is 8.26. The van der Waals surface area contributed by atoms with E-state index in [-0.39, 0.29) is 18.6 Å². The molecule has 0 N–H and O–H groups in total. The molecule has 5 nitrogen and oxygen atoms in total. The number of benzene rings is 2. The van der Waals surface area contributed by atoms with Crippen LogP contribution in [0, 0.1) is 0 Å². The number of ether oxygens (including phenoxy) is 1. The molecule has 0 bridgehead atoms. The SMILES string of the molecule is CC(=O)CC[C@@]1(c2ccccc2)C(=O)N(C(=O)OC(C)(C)C)c2cc(Cl)ccc21. The molecule has 1 heterocycles. The van der Waals surface area contributed by atoms with Crippen molar-refractivity contribution in [3.8, 4) is 0 Å². The van der Waals surface area contributed by atoms with E-state index in [1.807, 2.05) is 30.3 Å². The lowest BCUT2D eigenvalue weighted by Gasteiger charge is -2.29. The van der Waals surface area contributed by atoms with Gasteiger partial charge in [0.1, 0.15) is 16.8 Å². The monoisotopic (exact) mass is 413 g/mol. The number of hydrogen-bond donors (Lipinski definition) is 0. The Labute approximate surface area is 175 Å². The summed E-state index contributed by atoms with van der Waals surface area (Å²) in [6, 6.07) is 14.3. The number of hydrogen-bond acceptors (Lipinski definition) is 4. The topological polar surface area (TPSA) is 63.7 Å². The second kappa shape index (κ2) is 7.64. The molecule has 0 unspecified atom stereocenters. The molecule has 0 fully saturated rings. The van der Waals surface area contributed by atoms with Crippen LogP contribution in [0.3, 0.4) is 0 Å². The van der Waals surface area contributed by atoms with Crippen molar-refractivity contribution in [2.75, 3.05) is 4.90 Å². The van der Waals surface area contributed by atoms with Crippen molar-refractivity contribution < 1.29 is 19.1 Å². The molecule has 0 radical (unpaired) electrons. The summed E-state index contributed by atoms with van der Waals surface area (Å²) in [5, 5.41) is 0.403. The molecule has 2 aromatic carbocycles. The van der Waals surface area contributed by atoms with Crippen LogP contribution in [0.1, 0.15) is 51.7 Å². The number of carbonyl (C=O) groups is 3. The van der Waals surface area contributed by atoms with Crippen LogP contribution in [0.4, 0.5) is 10.5 Å². The van der Waals surface area contributed by atoms with Crippen molar-refractivity contribution in [2.45, 2.75) is 51.6 Å². The highest BCUT2D eigenvalue weighted by molar-refractivity contribution is 6.32. The van der Waals surface area contributed by atoms with E-state index in [0.29, 0.717) is 16.3 Å². The van der Waals surface area contributed by atoms with Crippen molar-refractivity contribution in [1.29, 1.82) is 0 Å². The summed E-state index contributed by atoms with van der Waals surface area (Å²) in [5.74, 6) is -0.462. The zero-order valence-corrected chi connectivity index (χ0v) is 17.7. The average molecular weight is 414 g/mol. The molecule has 0 aromatic heterocycles. The predicted octanol–water partition coefficient (Wildman–Crippen LogP) is 5.28. The van der Waals surface area contributed by atoms with Crippen molar-refractivity contribution in [2.24, 2.45) is 0 Å². The van der Waals surface area contributed by atoms with Gasteiger partial charge in [-0.3, -0.25) is 4.79 Å². The molecule has 0 aliphatic carbocycles. The fraction of sp³-hybridized carbons (Fsp3) is 0.348. The Kier molecular flexibility index (Phi) is 5.54. The molecule has 0 spiro atoms. The molecule has 1 atom stereocenters. The molecular weight excluding hydrogens is 390 g/mol. The van der Waals surface area contributed by atoms with Crippen LogP contribution in [0.25, 0.3) is 0 Å². The van der Waals surface area contributed by atoms with Crippen LogP contribution in [0.2, 0.25) is 5.02 Å². The highest BCUT2D eigenvalue weighted by atomic mass is 35.5. The summed E-state index contributed by atoms with van der Waals surface area (Å²) in [6.07, 6.45) is -0.309. The number of rotatable bonds is 4. The number of ketones is 1. The fourth-order valence-electron chi connectivity index (χ4n) is 3.71. The molecule has 2 aromatic rings. The number of carbonyl (C=O) groups excluding carboxylic acids is 3. The molecule has 6 heteroatoms. The summed E-state index contributed by atoms with van der Waals surface area (Å²) in [4.78, 5) is 39.6. The van der Waals surface area contributed by atoms with E-state index in [9.17, 15) is 14.4 Å². The first-order valence-electron chi connectivity index (χ1n) is 9.49. The Morgan fingerprint density at radius 1 is 1.10 bits per heavy atom. The standard InChI is InChI=1S/C23H24ClNO4/c1-15(26)12-13-23(16-8-6-5-7-9-16)18-11-10-17(24)14-19(18)25(20(23)27)21(28)29-22(2,3)4/h5-11,14H,12-13H2,1-4H3/t23-/m0/s1. The van der Waals surface area contributed by atoms with Crippen LogP contribution >= 0.6 is 11.6 Å². The van der Waals surface area contributed by atoms with Gasteiger partial charge in [-0.2, -0.15) is 0 Å². The van der Waals surface area contributed by atoms with E-state index in [2.05, 4.69) is 0 Å². The number of fused-ring (bicyclic) bond motifs is 1. The number of Topliss-reactive ketones (excluding diaryl/α,β-unsaturated/α-hetero) is 1. The molecule has 0 saturated carbocycles. The molecule has 2 amide bonds. The van der Waals surface area contributed by atoms with Gasteiger partial charge in [0.15, 0.2) is 0 Å². The lowest BCUT2D eigenvalue weighted by atomic mass is 9.72. The number of halogens is 1. The predicted molar refractivity (Wildman–Crippen MR) is 112 cm³/mol. The third kappa shape index (κ3) is 3.92. The quantitative estimate of drug-likeness (QED) is 0.684. The van der Waals surface area contributed by atoms with E-state index < -0.39 is 23.0 Å². The maximum absolute atomic E-state index is 13.8. The molecular formula is C23H24ClNO4. The van der Waals surface area contributed by atoms with E-state index in [1.54, 1.807) is 39.0 Å². The Morgan fingerprint density at radius 2 is 1.76 bits per heavy atom. The molecule has 1 aliphatic rings. The van der Waals surface area contributed by atoms with Gasteiger partial charge in [-0.15, -0.1) is 0 Å². The highest BCUT2D eigenvalue weighted by Crippen LogP contribution is 2.50. The van der Waals surface area contributed by atoms with E-state index in [0.717, 1.165) is 10.5 Å². The highest BCUT2D eigenvalue weighted by Gasteiger charge is 2.54. The normalized spacial score (nSPS) is 18.5. The van der Waals surface area contributed by atoms with Gasteiger partial charge in [-0.1, -0.05) is 48.0 Å². The van der Waals surface area contributed by atoms with Crippen molar-refractivity contribution in [3.63, 3.8) is 0 Å². The van der Waals surface area contributed by atoms with E-state index >= 15 is 0 Å². The summed E-state index contributed by atoms with van der Waals surface area (Å²) in [5.41, 5.74) is -0.174. The van der Waals surface area contributed by atoms with Crippen molar-refractivity contribution in [1.82, 2.24) is 0 Å². The molecule has 3 rings (SSSR count). The molecule has 152 valence electrons. The van der Waals surface area contributed by atoms with E-state index in [1.165, 1.54) is 6.92 Å². The third-order valence-electron chi connectivity index (χ3n) is 4.92. The van der Waals surface area contributed by atoms with Gasteiger partial charge < -0.3 is 9.53 Å². The largest absolute Gasteiger partial charge is 0.443 e. The van der Waals surface area contributed by atoms with Crippen LogP contribution in [-0.4, -0.2) is 23.4 Å². The zero-order chi connectivity index (χ0) is 21.4. The lowest BCUT2D eigenvalue weighted by molar-refractivity contribution is -0.122. The van der Waals surface area contributed by atoms with Gasteiger partial charge in [0.25, 0.3) is 5.91 Å². The number of amides is 2. The fourth-order valence-corrected chi connectivity index (χ4v) is 3.87. The zero-order valence-electron chi connectivity index (χ0n) is 17.0. The smallest absolute Gasteiger partial charge is 0.421 e. The molecule has 1 aliphatic heterocycles. The first-order chi connectivity index (χ1) is 13.6. The van der Waals surface area contributed by atoms with Crippen molar-refractivity contribution in [3.05, 3.63) is 64.7 Å². The lowest BCUT2D eigenvalue weighted by Crippen LogP contribution is -2.46. The Morgan fingerprint density at radius 3 is 2.34 bits per heavy atom. The number of anilines is 1. The summed E-state index contributed by atoms with van der Waals surface area (Å²) < 4.78 is 5.50. The van der Waals surface area contributed by atoms with Gasteiger partial charge >= 0.3 is 6.09 Å². The van der Waals surface area contributed by atoms with Gasteiger partial charge in [0.2, 0.25) is 0 Å². The van der Waals surface area contributed by atoms with Gasteiger partial charge in [-0.05, 0) is 57.4 Å². The minimum Gasteiger partial charge on any atom is -0.443 e. The van der Waals surface area contributed by atoms with Crippen molar-refractivity contribution >= 4 is 35.1 Å². The molecule has 0 saturated heterocycles. The molecule has 29 heavy (non-hydrogen) atoms. The minimum absolute atomic E-state index is 0.0284. The second-order valence-corrected chi connectivity index (χ2v) is 8.69. The van der Waals surface area contributed by atoms with Crippen LogP contribution < -0.4 is 4.90 Å².